The van der Waals surface area contributed by atoms with E-state index in [9.17, 15) is 14.7 Å². The molecular formula is C13H13N2O3S-. The SMILES string of the molecule is Cc1csc(NC(=O)[C@@H]2[C@H](C(=O)[O-])[C@@H]3C=C[C@H]2C3)n1. The minimum absolute atomic E-state index is 0.00830. The van der Waals surface area contributed by atoms with E-state index in [-0.39, 0.29) is 17.7 Å². The summed E-state index contributed by atoms with van der Waals surface area (Å²) >= 11 is 1.34. The first-order chi connectivity index (χ1) is 9.06. The van der Waals surface area contributed by atoms with Gasteiger partial charge in [0, 0.05) is 17.3 Å². The van der Waals surface area contributed by atoms with Gasteiger partial charge in [0.25, 0.3) is 0 Å². The molecule has 4 atom stereocenters. The Labute approximate surface area is 114 Å². The quantitative estimate of drug-likeness (QED) is 0.819. The predicted molar refractivity (Wildman–Crippen MR) is 68.2 cm³/mol. The molecule has 0 spiro atoms. The molecule has 100 valence electrons. The van der Waals surface area contributed by atoms with Gasteiger partial charge in [-0.25, -0.2) is 4.98 Å². The molecule has 1 fully saturated rings. The maximum Gasteiger partial charge on any atom is 0.230 e. The molecule has 2 bridgehead atoms. The van der Waals surface area contributed by atoms with Crippen LogP contribution in [0.1, 0.15) is 12.1 Å². The number of thiazole rings is 1. The third-order valence-corrected chi connectivity index (χ3v) is 4.76. The highest BCUT2D eigenvalue weighted by atomic mass is 32.1. The number of amides is 1. The zero-order valence-electron chi connectivity index (χ0n) is 10.3. The minimum atomic E-state index is -1.13. The van der Waals surface area contributed by atoms with E-state index >= 15 is 0 Å². The third kappa shape index (κ3) is 2.06. The number of carbonyl (C=O) groups is 2. The number of allylic oxidation sites excluding steroid dienone is 2. The molecule has 0 aromatic carbocycles. The van der Waals surface area contributed by atoms with Crippen molar-refractivity contribution in [2.75, 3.05) is 5.32 Å². The second kappa shape index (κ2) is 4.45. The lowest BCUT2D eigenvalue weighted by Gasteiger charge is -2.27. The lowest BCUT2D eigenvalue weighted by molar-refractivity contribution is -0.313. The smallest absolute Gasteiger partial charge is 0.230 e. The highest BCUT2D eigenvalue weighted by Gasteiger charge is 2.48. The number of aliphatic carboxylic acids is 1. The van der Waals surface area contributed by atoms with Gasteiger partial charge in [-0.1, -0.05) is 12.2 Å². The summed E-state index contributed by atoms with van der Waals surface area (Å²) in [6, 6.07) is 0. The molecule has 5 nitrogen and oxygen atoms in total. The standard InChI is InChI=1S/C13H14N2O3S/c1-6-5-19-13(14-6)15-11(16)9-7-2-3-8(4-7)10(9)12(17)18/h2-3,5,7-10H,4H2,1H3,(H,17,18)(H,14,15,16)/p-1/t7-,8+,9-,10+/m0/s1. The molecule has 6 heteroatoms. The van der Waals surface area contributed by atoms with Gasteiger partial charge in [0.15, 0.2) is 5.13 Å². The normalized spacial score (nSPS) is 31.6. The van der Waals surface area contributed by atoms with Gasteiger partial charge in [-0.05, 0) is 25.2 Å². The molecule has 1 saturated carbocycles. The van der Waals surface area contributed by atoms with Crippen molar-refractivity contribution in [3.8, 4) is 0 Å². The van der Waals surface area contributed by atoms with Crippen LogP contribution in [-0.4, -0.2) is 16.9 Å². The van der Waals surface area contributed by atoms with Crippen LogP contribution in [0.5, 0.6) is 0 Å². The number of hydrogen-bond acceptors (Lipinski definition) is 5. The Balaban J connectivity index is 1.79. The number of hydrogen-bond donors (Lipinski definition) is 1. The second-order valence-corrected chi connectivity index (χ2v) is 5.96. The van der Waals surface area contributed by atoms with E-state index in [1.54, 1.807) is 0 Å². The lowest BCUT2D eigenvalue weighted by atomic mass is 9.82. The van der Waals surface area contributed by atoms with Crippen LogP contribution in [0.25, 0.3) is 0 Å². The third-order valence-electron chi connectivity index (χ3n) is 3.88. The second-order valence-electron chi connectivity index (χ2n) is 5.10. The summed E-state index contributed by atoms with van der Waals surface area (Å²) in [6.07, 6.45) is 4.57. The van der Waals surface area contributed by atoms with Crippen LogP contribution < -0.4 is 10.4 Å². The fraction of sp³-hybridized carbons (Fsp3) is 0.462. The molecule has 0 radical (unpaired) electrons. The van der Waals surface area contributed by atoms with Gasteiger partial charge in [-0.2, -0.15) is 0 Å². The monoisotopic (exact) mass is 277 g/mol. The number of nitrogens with zero attached hydrogens (tertiary/aromatic N) is 1. The molecule has 1 heterocycles. The number of carboxylic acids is 1. The first-order valence-electron chi connectivity index (χ1n) is 6.18. The average Bonchev–Trinajstić information content (AvgIpc) is 3.03. The number of carbonyl (C=O) groups excluding carboxylic acids is 2. The molecule has 2 aliphatic carbocycles. The number of aryl methyl sites for hydroxylation is 1. The summed E-state index contributed by atoms with van der Waals surface area (Å²) in [4.78, 5) is 27.6. The fourth-order valence-corrected chi connectivity index (χ4v) is 3.79. The van der Waals surface area contributed by atoms with Crippen molar-refractivity contribution in [1.82, 2.24) is 4.98 Å². The van der Waals surface area contributed by atoms with Crippen LogP contribution in [0.2, 0.25) is 0 Å². The number of nitrogens with one attached hydrogen (secondary N) is 1. The van der Waals surface area contributed by atoms with Gasteiger partial charge in [-0.15, -0.1) is 11.3 Å². The number of rotatable bonds is 3. The van der Waals surface area contributed by atoms with Gasteiger partial charge in [0.1, 0.15) is 0 Å². The molecule has 3 rings (SSSR count). The highest BCUT2D eigenvalue weighted by molar-refractivity contribution is 7.13. The summed E-state index contributed by atoms with van der Waals surface area (Å²) in [5.41, 5.74) is 0.838. The Morgan fingerprint density at radius 1 is 1.37 bits per heavy atom. The zero-order valence-corrected chi connectivity index (χ0v) is 11.1. The Kier molecular flexibility index (Phi) is 2.89. The molecular weight excluding hydrogens is 264 g/mol. The Bertz CT molecular complexity index is 566. The van der Waals surface area contributed by atoms with Gasteiger partial charge >= 0.3 is 0 Å². The molecule has 2 aliphatic rings. The van der Waals surface area contributed by atoms with Crippen LogP contribution in [-0.2, 0) is 9.59 Å². The van der Waals surface area contributed by atoms with Crippen molar-refractivity contribution < 1.29 is 14.7 Å². The lowest BCUT2D eigenvalue weighted by Crippen LogP contribution is -2.42. The maximum atomic E-state index is 12.3. The molecule has 1 amide bonds. The van der Waals surface area contributed by atoms with E-state index < -0.39 is 17.8 Å². The molecule has 0 saturated heterocycles. The Hall–Kier alpha value is -1.69. The van der Waals surface area contributed by atoms with Crippen molar-refractivity contribution >= 4 is 28.3 Å². The van der Waals surface area contributed by atoms with Crippen LogP contribution >= 0.6 is 11.3 Å². The Morgan fingerprint density at radius 3 is 2.63 bits per heavy atom. The van der Waals surface area contributed by atoms with E-state index in [2.05, 4.69) is 10.3 Å². The van der Waals surface area contributed by atoms with E-state index in [1.807, 2.05) is 24.5 Å². The predicted octanol–water partition coefficient (Wildman–Crippen LogP) is 0.578. The van der Waals surface area contributed by atoms with E-state index in [0.717, 1.165) is 12.1 Å². The molecule has 1 N–H and O–H groups in total. The number of aromatic nitrogens is 1. The topological polar surface area (TPSA) is 82.1 Å². The van der Waals surface area contributed by atoms with Crippen molar-refractivity contribution in [2.24, 2.45) is 23.7 Å². The summed E-state index contributed by atoms with van der Waals surface area (Å²) < 4.78 is 0. The number of fused-ring (bicyclic) bond motifs is 2. The first kappa shape index (κ1) is 12.3. The summed E-state index contributed by atoms with van der Waals surface area (Å²) in [5, 5.41) is 16.3. The highest BCUT2D eigenvalue weighted by Crippen LogP contribution is 2.48. The van der Waals surface area contributed by atoms with E-state index in [1.165, 1.54) is 11.3 Å². The first-order valence-corrected chi connectivity index (χ1v) is 7.06. The van der Waals surface area contributed by atoms with Crippen LogP contribution in [0.4, 0.5) is 5.13 Å². The number of anilines is 1. The maximum absolute atomic E-state index is 12.3. The van der Waals surface area contributed by atoms with Crippen LogP contribution in [0, 0.1) is 30.6 Å². The molecule has 0 aliphatic heterocycles. The van der Waals surface area contributed by atoms with Crippen molar-refractivity contribution in [1.29, 1.82) is 0 Å². The summed E-state index contributed by atoms with van der Waals surface area (Å²) in [6.45, 7) is 1.84. The van der Waals surface area contributed by atoms with Crippen LogP contribution in [0.3, 0.4) is 0 Å². The van der Waals surface area contributed by atoms with Crippen molar-refractivity contribution in [3.05, 3.63) is 23.2 Å². The molecule has 0 unspecified atom stereocenters. The molecule has 1 aromatic heterocycles. The van der Waals surface area contributed by atoms with Crippen molar-refractivity contribution in [2.45, 2.75) is 13.3 Å². The van der Waals surface area contributed by atoms with Crippen molar-refractivity contribution in [3.63, 3.8) is 0 Å². The largest absolute Gasteiger partial charge is 0.550 e. The minimum Gasteiger partial charge on any atom is -0.550 e. The van der Waals surface area contributed by atoms with Gasteiger partial charge in [0.2, 0.25) is 5.91 Å². The number of carboxylic acid groups (broad SMARTS) is 1. The van der Waals surface area contributed by atoms with Gasteiger partial charge < -0.3 is 15.2 Å². The Morgan fingerprint density at radius 2 is 2.05 bits per heavy atom. The average molecular weight is 277 g/mol. The summed E-state index contributed by atoms with van der Waals surface area (Å²) in [7, 11) is 0. The fourth-order valence-electron chi connectivity index (χ4n) is 3.10. The molecule has 19 heavy (non-hydrogen) atoms. The molecule has 1 aromatic rings. The van der Waals surface area contributed by atoms with E-state index in [0.29, 0.717) is 5.13 Å². The van der Waals surface area contributed by atoms with Crippen LogP contribution in [0.15, 0.2) is 17.5 Å². The van der Waals surface area contributed by atoms with Gasteiger partial charge in [0.05, 0.1) is 11.6 Å². The van der Waals surface area contributed by atoms with E-state index in [4.69, 9.17) is 0 Å². The van der Waals surface area contributed by atoms with Gasteiger partial charge in [-0.3, -0.25) is 4.79 Å². The zero-order chi connectivity index (χ0) is 13.6. The summed E-state index contributed by atoms with van der Waals surface area (Å²) in [5.74, 6) is -2.70.